The van der Waals surface area contributed by atoms with E-state index in [1.54, 1.807) is 6.20 Å². The molecule has 1 N–H and O–H groups in total. The summed E-state index contributed by atoms with van der Waals surface area (Å²) >= 11 is 0. The van der Waals surface area contributed by atoms with Crippen LogP contribution in [0.15, 0.2) is 24.4 Å². The summed E-state index contributed by atoms with van der Waals surface area (Å²) in [6.45, 7) is 11.9. The van der Waals surface area contributed by atoms with E-state index in [-0.39, 0.29) is 11.4 Å². The SMILES string of the molecule is CC(C)CCNCCN(C)C1(C(=O)c2ccccn2)CCOC(C)(C)C1. The molecule has 1 atom stereocenters. The summed E-state index contributed by atoms with van der Waals surface area (Å²) in [4.78, 5) is 20.0. The summed E-state index contributed by atoms with van der Waals surface area (Å²) in [6, 6.07) is 5.55. The molecule has 0 bridgehead atoms. The molecule has 0 amide bonds. The Morgan fingerprint density at radius 2 is 2.12 bits per heavy atom. The van der Waals surface area contributed by atoms with Crippen LogP contribution in [0.1, 0.15) is 57.4 Å². The van der Waals surface area contributed by atoms with Crippen molar-refractivity contribution in [2.24, 2.45) is 5.92 Å². The topological polar surface area (TPSA) is 54.5 Å². The lowest BCUT2D eigenvalue weighted by Crippen LogP contribution is -2.61. The largest absolute Gasteiger partial charge is 0.375 e. The maximum absolute atomic E-state index is 13.4. The van der Waals surface area contributed by atoms with Gasteiger partial charge in [0.25, 0.3) is 0 Å². The molecule has 1 unspecified atom stereocenters. The van der Waals surface area contributed by atoms with E-state index >= 15 is 0 Å². The van der Waals surface area contributed by atoms with Crippen LogP contribution in [0.2, 0.25) is 0 Å². The summed E-state index contributed by atoms with van der Waals surface area (Å²) in [5.41, 5.74) is -0.331. The highest BCUT2D eigenvalue weighted by molar-refractivity contribution is 6.01. The van der Waals surface area contributed by atoms with Gasteiger partial charge in [-0.25, -0.2) is 0 Å². The highest BCUT2D eigenvalue weighted by Gasteiger charge is 2.49. The number of hydrogen-bond acceptors (Lipinski definition) is 5. The third kappa shape index (κ3) is 5.35. The number of Topliss-reactive ketones (excluding diaryl/α,β-unsaturated/α-hetero) is 1. The molecule has 1 fully saturated rings. The lowest BCUT2D eigenvalue weighted by atomic mass is 9.76. The zero-order valence-corrected chi connectivity index (χ0v) is 17.0. The number of nitrogens with zero attached hydrogens (tertiary/aromatic N) is 2. The van der Waals surface area contributed by atoms with Gasteiger partial charge in [0.1, 0.15) is 5.69 Å². The molecule has 0 spiro atoms. The van der Waals surface area contributed by atoms with Gasteiger partial charge in [-0.3, -0.25) is 14.7 Å². The molecular formula is C21H35N3O2. The quantitative estimate of drug-likeness (QED) is 0.541. The van der Waals surface area contributed by atoms with Crippen LogP contribution in [0.25, 0.3) is 0 Å². The Morgan fingerprint density at radius 3 is 2.73 bits per heavy atom. The summed E-state index contributed by atoms with van der Waals surface area (Å²) in [7, 11) is 2.06. The van der Waals surface area contributed by atoms with E-state index in [1.165, 1.54) is 6.42 Å². The van der Waals surface area contributed by atoms with Crippen molar-refractivity contribution in [3.63, 3.8) is 0 Å². The molecule has 5 heteroatoms. The number of rotatable bonds is 9. The predicted molar refractivity (Wildman–Crippen MR) is 106 cm³/mol. The molecule has 0 aromatic carbocycles. The summed E-state index contributed by atoms with van der Waals surface area (Å²) in [5.74, 6) is 0.813. The van der Waals surface area contributed by atoms with Crippen molar-refractivity contribution >= 4 is 5.78 Å². The second-order valence-corrected chi connectivity index (χ2v) is 8.46. The average Bonchev–Trinajstić information content (AvgIpc) is 2.60. The zero-order chi connectivity index (χ0) is 19.2. The van der Waals surface area contributed by atoms with Gasteiger partial charge in [0.15, 0.2) is 0 Å². The number of carbonyl (C=O) groups is 1. The molecule has 26 heavy (non-hydrogen) atoms. The fourth-order valence-corrected chi connectivity index (χ4v) is 3.74. The van der Waals surface area contributed by atoms with Crippen molar-refractivity contribution in [1.29, 1.82) is 0 Å². The molecule has 2 heterocycles. The number of pyridine rings is 1. The lowest BCUT2D eigenvalue weighted by Gasteiger charge is -2.48. The predicted octanol–water partition coefficient (Wildman–Crippen LogP) is 3.16. The van der Waals surface area contributed by atoms with Gasteiger partial charge in [-0.15, -0.1) is 0 Å². The molecule has 0 aliphatic carbocycles. The van der Waals surface area contributed by atoms with E-state index in [1.807, 2.05) is 18.2 Å². The molecule has 146 valence electrons. The Labute approximate surface area is 158 Å². The highest BCUT2D eigenvalue weighted by Crippen LogP contribution is 2.38. The Kier molecular flexibility index (Phi) is 7.33. The van der Waals surface area contributed by atoms with Crippen LogP contribution in [0.5, 0.6) is 0 Å². The van der Waals surface area contributed by atoms with Crippen molar-refractivity contribution in [2.45, 2.75) is 58.1 Å². The van der Waals surface area contributed by atoms with Gasteiger partial charge in [-0.1, -0.05) is 19.9 Å². The summed E-state index contributed by atoms with van der Waals surface area (Å²) < 4.78 is 5.91. The smallest absolute Gasteiger partial charge is 0.201 e. The van der Waals surface area contributed by atoms with Gasteiger partial charge in [0, 0.05) is 32.3 Å². The lowest BCUT2D eigenvalue weighted by molar-refractivity contribution is -0.103. The normalized spacial score (nSPS) is 22.7. The van der Waals surface area contributed by atoms with Crippen molar-refractivity contribution in [3.8, 4) is 0 Å². The van der Waals surface area contributed by atoms with Crippen LogP contribution in [0.3, 0.4) is 0 Å². The maximum atomic E-state index is 13.4. The number of likely N-dealkylation sites (N-methyl/N-ethyl adjacent to an activating group) is 1. The summed E-state index contributed by atoms with van der Waals surface area (Å²) in [5, 5.41) is 3.50. The summed E-state index contributed by atoms with van der Waals surface area (Å²) in [6.07, 6.45) is 4.24. The molecule has 1 aliphatic rings. The van der Waals surface area contributed by atoms with Gasteiger partial charge < -0.3 is 10.1 Å². The average molecular weight is 362 g/mol. The Balaban J connectivity index is 2.12. The van der Waals surface area contributed by atoms with Crippen LogP contribution in [0, 0.1) is 5.92 Å². The molecule has 1 aromatic rings. The van der Waals surface area contributed by atoms with Gasteiger partial charge >= 0.3 is 0 Å². The van der Waals surface area contributed by atoms with Crippen LogP contribution >= 0.6 is 0 Å². The zero-order valence-electron chi connectivity index (χ0n) is 17.0. The minimum absolute atomic E-state index is 0.110. The van der Waals surface area contributed by atoms with E-state index in [2.05, 4.69) is 49.9 Å². The molecule has 5 nitrogen and oxygen atoms in total. The minimum Gasteiger partial charge on any atom is -0.375 e. The van der Waals surface area contributed by atoms with Crippen molar-refractivity contribution in [2.75, 3.05) is 33.3 Å². The second-order valence-electron chi connectivity index (χ2n) is 8.46. The van der Waals surface area contributed by atoms with E-state index in [9.17, 15) is 4.79 Å². The number of ether oxygens (including phenoxy) is 1. The fourth-order valence-electron chi connectivity index (χ4n) is 3.74. The number of ketones is 1. The molecule has 1 saturated heterocycles. The van der Waals surface area contributed by atoms with Crippen molar-refractivity contribution in [3.05, 3.63) is 30.1 Å². The second kappa shape index (κ2) is 9.07. The van der Waals surface area contributed by atoms with Gasteiger partial charge in [-0.2, -0.15) is 0 Å². The first-order valence-corrected chi connectivity index (χ1v) is 9.79. The van der Waals surface area contributed by atoms with Gasteiger partial charge in [0.05, 0.1) is 11.1 Å². The Bertz CT molecular complexity index is 574. The van der Waals surface area contributed by atoms with Gasteiger partial charge in [0.2, 0.25) is 5.78 Å². The monoisotopic (exact) mass is 361 g/mol. The number of nitrogens with one attached hydrogen (secondary N) is 1. The van der Waals surface area contributed by atoms with Crippen LogP contribution in [-0.2, 0) is 4.74 Å². The van der Waals surface area contributed by atoms with E-state index in [0.717, 1.165) is 19.6 Å². The maximum Gasteiger partial charge on any atom is 0.201 e. The van der Waals surface area contributed by atoms with Crippen LogP contribution < -0.4 is 5.32 Å². The first kappa shape index (κ1) is 21.0. The van der Waals surface area contributed by atoms with Gasteiger partial charge in [-0.05, 0) is 58.3 Å². The first-order valence-electron chi connectivity index (χ1n) is 9.79. The standard InChI is InChI=1S/C21H35N3O2/c1-17(2)9-12-22-13-14-24(5)21(10-15-26-20(3,4)16-21)19(25)18-8-6-7-11-23-18/h6-8,11,17,22H,9-10,12-16H2,1-5H3. The molecule has 1 aromatic heterocycles. The highest BCUT2D eigenvalue weighted by atomic mass is 16.5. The van der Waals surface area contributed by atoms with Crippen molar-refractivity contribution < 1.29 is 9.53 Å². The third-order valence-corrected chi connectivity index (χ3v) is 5.30. The fraction of sp³-hybridized carbons (Fsp3) is 0.714. The Morgan fingerprint density at radius 1 is 1.35 bits per heavy atom. The molecular weight excluding hydrogens is 326 g/mol. The van der Waals surface area contributed by atoms with Crippen molar-refractivity contribution in [1.82, 2.24) is 15.2 Å². The van der Waals surface area contributed by atoms with Crippen LogP contribution in [0.4, 0.5) is 0 Å². The third-order valence-electron chi connectivity index (χ3n) is 5.30. The van der Waals surface area contributed by atoms with E-state index < -0.39 is 5.54 Å². The number of carbonyl (C=O) groups excluding carboxylic acids is 1. The molecule has 1 aliphatic heterocycles. The first-order chi connectivity index (χ1) is 12.3. The molecule has 0 saturated carbocycles. The van der Waals surface area contributed by atoms with E-state index in [0.29, 0.717) is 31.1 Å². The Hall–Kier alpha value is -1.30. The van der Waals surface area contributed by atoms with Crippen LogP contribution in [-0.4, -0.2) is 60.1 Å². The minimum atomic E-state index is -0.560. The molecule has 0 radical (unpaired) electrons. The molecule has 2 rings (SSSR count). The number of aromatic nitrogens is 1. The number of hydrogen-bond donors (Lipinski definition) is 1. The van der Waals surface area contributed by atoms with E-state index in [4.69, 9.17) is 4.74 Å².